The summed E-state index contributed by atoms with van der Waals surface area (Å²) in [6.45, 7) is 1.19. The minimum atomic E-state index is -2.92. The van der Waals surface area contributed by atoms with Crippen molar-refractivity contribution in [3.8, 4) is 11.5 Å². The van der Waals surface area contributed by atoms with Gasteiger partial charge in [-0.1, -0.05) is 6.07 Å². The van der Waals surface area contributed by atoms with E-state index in [-0.39, 0.29) is 17.2 Å². The van der Waals surface area contributed by atoms with E-state index in [1.54, 1.807) is 38.1 Å². The Morgan fingerprint density at radius 3 is 2.56 bits per heavy atom. The molecule has 0 spiro atoms. The Bertz CT molecular complexity index is 753. The maximum absolute atomic E-state index is 12.4. The van der Waals surface area contributed by atoms with Gasteiger partial charge in [0.05, 0.1) is 11.5 Å². The molecular weight excluding hydrogens is 334 g/mol. The molecule has 0 aliphatic heterocycles. The van der Waals surface area contributed by atoms with E-state index in [4.69, 9.17) is 4.74 Å². The monoisotopic (exact) mass is 352 g/mol. The molecule has 0 aliphatic carbocycles. The first kappa shape index (κ1) is 18.4. The number of alkyl halides is 2. The van der Waals surface area contributed by atoms with Gasteiger partial charge < -0.3 is 14.8 Å². The summed E-state index contributed by atoms with van der Waals surface area (Å²) in [6, 6.07) is 9.41. The lowest BCUT2D eigenvalue weighted by molar-refractivity contribution is -0.385. The summed E-state index contributed by atoms with van der Waals surface area (Å²) in [5.74, 6) is 0.216. The van der Waals surface area contributed by atoms with Gasteiger partial charge in [-0.25, -0.2) is 0 Å². The Hall–Kier alpha value is -2.90. The molecule has 0 bridgehead atoms. The summed E-state index contributed by atoms with van der Waals surface area (Å²) in [7, 11) is 0. The van der Waals surface area contributed by atoms with Crippen LogP contribution in [0.3, 0.4) is 0 Å². The summed E-state index contributed by atoms with van der Waals surface area (Å²) < 4.78 is 34.6. The zero-order valence-corrected chi connectivity index (χ0v) is 13.8. The first-order valence-electron chi connectivity index (χ1n) is 7.60. The fraction of sp³-hybridized carbons (Fsp3) is 0.294. The normalized spacial score (nSPS) is 10.6. The van der Waals surface area contributed by atoms with Crippen molar-refractivity contribution in [2.45, 2.75) is 27.0 Å². The molecule has 6 nitrogen and oxygen atoms in total. The second-order valence-corrected chi connectivity index (χ2v) is 5.20. The topological polar surface area (TPSA) is 73.6 Å². The minimum Gasteiger partial charge on any atom is -0.490 e. The minimum absolute atomic E-state index is 0.0215. The van der Waals surface area contributed by atoms with Gasteiger partial charge in [-0.2, -0.15) is 8.78 Å². The number of hydrogen-bond acceptors (Lipinski definition) is 5. The molecule has 0 radical (unpaired) electrons. The number of hydrogen-bond donors (Lipinski definition) is 1. The zero-order chi connectivity index (χ0) is 18.4. The van der Waals surface area contributed by atoms with Gasteiger partial charge in [-0.15, -0.1) is 0 Å². The van der Waals surface area contributed by atoms with E-state index >= 15 is 0 Å². The van der Waals surface area contributed by atoms with Crippen LogP contribution in [0.4, 0.5) is 20.2 Å². The molecule has 2 rings (SSSR count). The quantitative estimate of drug-likeness (QED) is 0.559. The number of rotatable bonds is 8. The van der Waals surface area contributed by atoms with Crippen LogP contribution in [0.25, 0.3) is 0 Å². The molecule has 0 aliphatic rings. The predicted octanol–water partition coefficient (Wildman–Crippen LogP) is 4.52. The Morgan fingerprint density at radius 2 is 1.96 bits per heavy atom. The first-order chi connectivity index (χ1) is 11.9. The van der Waals surface area contributed by atoms with E-state index in [1.807, 2.05) is 0 Å². The largest absolute Gasteiger partial charge is 0.490 e. The lowest BCUT2D eigenvalue weighted by atomic mass is 10.1. The smallest absolute Gasteiger partial charge is 0.387 e. The number of benzene rings is 2. The number of nitro groups is 1. The molecule has 0 saturated carbocycles. The van der Waals surface area contributed by atoms with Gasteiger partial charge in [0.1, 0.15) is 0 Å². The average Bonchev–Trinajstić information content (AvgIpc) is 2.54. The Kier molecular flexibility index (Phi) is 6.10. The summed E-state index contributed by atoms with van der Waals surface area (Å²) in [4.78, 5) is 10.4. The van der Waals surface area contributed by atoms with Gasteiger partial charge in [0, 0.05) is 23.9 Å². The van der Waals surface area contributed by atoms with Crippen LogP contribution in [0, 0.1) is 17.0 Å². The Balaban J connectivity index is 2.11. The van der Waals surface area contributed by atoms with Crippen molar-refractivity contribution >= 4 is 11.4 Å². The third-order valence-electron chi connectivity index (χ3n) is 3.41. The number of nitrogens with one attached hydrogen (secondary N) is 1. The predicted molar refractivity (Wildman–Crippen MR) is 89.4 cm³/mol. The van der Waals surface area contributed by atoms with Crippen molar-refractivity contribution in [1.82, 2.24) is 0 Å². The van der Waals surface area contributed by atoms with Crippen LogP contribution in [0.1, 0.15) is 18.1 Å². The third kappa shape index (κ3) is 5.03. The summed E-state index contributed by atoms with van der Waals surface area (Å²) in [5.41, 5.74) is 2.11. The Labute approximate surface area is 143 Å². The van der Waals surface area contributed by atoms with E-state index < -0.39 is 11.5 Å². The standard InChI is InChI=1S/C17H18F2N2O4/c1-3-24-16-9-12(4-7-15(16)25-17(18)19)10-20-13-5-6-14(21(22)23)11(2)8-13/h4-9,17,20H,3,10H2,1-2H3. The molecule has 0 aromatic heterocycles. The average molecular weight is 352 g/mol. The molecule has 2 aromatic carbocycles. The van der Waals surface area contributed by atoms with E-state index in [0.717, 1.165) is 5.56 Å². The molecule has 0 unspecified atom stereocenters. The van der Waals surface area contributed by atoms with E-state index in [2.05, 4.69) is 10.1 Å². The summed E-state index contributed by atoms with van der Waals surface area (Å²) in [6.07, 6.45) is 0. The maximum atomic E-state index is 12.4. The number of nitro benzene ring substituents is 1. The molecular formula is C17H18F2N2O4. The highest BCUT2D eigenvalue weighted by Crippen LogP contribution is 2.30. The van der Waals surface area contributed by atoms with Crippen LogP contribution < -0.4 is 14.8 Å². The van der Waals surface area contributed by atoms with Gasteiger partial charge in [0.25, 0.3) is 5.69 Å². The van der Waals surface area contributed by atoms with Crippen LogP contribution in [0.5, 0.6) is 11.5 Å². The molecule has 134 valence electrons. The maximum Gasteiger partial charge on any atom is 0.387 e. The number of anilines is 1. The van der Waals surface area contributed by atoms with Gasteiger partial charge in [-0.3, -0.25) is 10.1 Å². The lowest BCUT2D eigenvalue weighted by Gasteiger charge is -2.13. The fourth-order valence-corrected chi connectivity index (χ4v) is 2.30. The van der Waals surface area contributed by atoms with Gasteiger partial charge in [0.2, 0.25) is 0 Å². The van der Waals surface area contributed by atoms with Crippen LogP contribution in [0.2, 0.25) is 0 Å². The molecule has 8 heteroatoms. The van der Waals surface area contributed by atoms with Crippen LogP contribution in [-0.4, -0.2) is 18.1 Å². The Morgan fingerprint density at radius 1 is 1.20 bits per heavy atom. The molecule has 0 heterocycles. The second kappa shape index (κ2) is 8.27. The zero-order valence-electron chi connectivity index (χ0n) is 13.8. The highest BCUT2D eigenvalue weighted by Gasteiger charge is 2.12. The number of halogens is 2. The number of ether oxygens (including phenoxy) is 2. The van der Waals surface area contributed by atoms with Crippen molar-refractivity contribution < 1.29 is 23.2 Å². The first-order valence-corrected chi connectivity index (χ1v) is 7.60. The summed E-state index contributed by atoms with van der Waals surface area (Å²) in [5, 5.41) is 14.0. The molecule has 25 heavy (non-hydrogen) atoms. The highest BCUT2D eigenvalue weighted by molar-refractivity contribution is 5.54. The van der Waals surface area contributed by atoms with Crippen LogP contribution in [-0.2, 0) is 6.54 Å². The molecule has 0 atom stereocenters. The molecule has 0 saturated heterocycles. The van der Waals surface area contributed by atoms with Gasteiger partial charge in [0.15, 0.2) is 11.5 Å². The van der Waals surface area contributed by atoms with E-state index in [9.17, 15) is 18.9 Å². The van der Waals surface area contributed by atoms with Crippen molar-refractivity contribution in [1.29, 1.82) is 0 Å². The van der Waals surface area contributed by atoms with E-state index in [1.165, 1.54) is 12.1 Å². The molecule has 2 aromatic rings. The lowest BCUT2D eigenvalue weighted by Crippen LogP contribution is -2.06. The number of aryl methyl sites for hydroxylation is 1. The second-order valence-electron chi connectivity index (χ2n) is 5.20. The molecule has 0 fully saturated rings. The van der Waals surface area contributed by atoms with Gasteiger partial charge in [-0.05, 0) is 43.7 Å². The van der Waals surface area contributed by atoms with Crippen molar-refractivity contribution in [3.63, 3.8) is 0 Å². The van der Waals surface area contributed by atoms with Crippen molar-refractivity contribution in [2.24, 2.45) is 0 Å². The van der Waals surface area contributed by atoms with Crippen molar-refractivity contribution in [3.05, 3.63) is 57.6 Å². The SMILES string of the molecule is CCOc1cc(CNc2ccc([N+](=O)[O-])c(C)c2)ccc1OC(F)F. The third-order valence-corrected chi connectivity index (χ3v) is 3.41. The fourth-order valence-electron chi connectivity index (χ4n) is 2.30. The van der Waals surface area contributed by atoms with Crippen LogP contribution >= 0.6 is 0 Å². The molecule has 1 N–H and O–H groups in total. The summed E-state index contributed by atoms with van der Waals surface area (Å²) >= 11 is 0. The van der Waals surface area contributed by atoms with Crippen LogP contribution in [0.15, 0.2) is 36.4 Å². The van der Waals surface area contributed by atoms with Gasteiger partial charge >= 0.3 is 6.61 Å². The highest BCUT2D eigenvalue weighted by atomic mass is 19.3. The van der Waals surface area contributed by atoms with E-state index in [0.29, 0.717) is 24.4 Å². The van der Waals surface area contributed by atoms with Crippen molar-refractivity contribution in [2.75, 3.05) is 11.9 Å². The molecule has 0 amide bonds. The number of nitrogens with zero attached hydrogens (tertiary/aromatic N) is 1.